The van der Waals surface area contributed by atoms with Gasteiger partial charge in [0.25, 0.3) is 0 Å². The van der Waals surface area contributed by atoms with Gasteiger partial charge in [0.1, 0.15) is 18.3 Å². The van der Waals surface area contributed by atoms with E-state index in [0.29, 0.717) is 0 Å². The minimum atomic E-state index is -2.30. The van der Waals surface area contributed by atoms with E-state index in [9.17, 15) is 48.6 Å². The molecule has 1 aliphatic heterocycles. The van der Waals surface area contributed by atoms with Gasteiger partial charge in [-0.15, -0.1) is 0 Å². The molecule has 4 aliphatic carbocycles. The summed E-state index contributed by atoms with van der Waals surface area (Å²) in [6.07, 6.45) is -10.1. The van der Waals surface area contributed by atoms with Crippen LogP contribution in [0.25, 0.3) is 0 Å². The maximum atomic E-state index is 14.0. The van der Waals surface area contributed by atoms with E-state index in [2.05, 4.69) is 0 Å². The van der Waals surface area contributed by atoms with Crippen LogP contribution < -0.4 is 0 Å². The van der Waals surface area contributed by atoms with Gasteiger partial charge in [-0.25, -0.2) is 4.79 Å². The van der Waals surface area contributed by atoms with Crippen molar-refractivity contribution in [2.75, 3.05) is 20.8 Å². The number of hydrogen-bond donors (Lipinski definition) is 2. The van der Waals surface area contributed by atoms with Gasteiger partial charge in [-0.05, 0) is 50.4 Å². The average Bonchev–Trinajstić information content (AvgIpc) is 3.89. The second kappa shape index (κ2) is 15.1. The van der Waals surface area contributed by atoms with Crippen molar-refractivity contribution >= 4 is 47.6 Å². The number of epoxide rings is 1. The molecule has 4 saturated carbocycles. The molecule has 18 heteroatoms. The zero-order valence-corrected chi connectivity index (χ0v) is 34.9. The molecule has 0 aromatic heterocycles. The van der Waals surface area contributed by atoms with Crippen molar-refractivity contribution in [3.05, 3.63) is 0 Å². The summed E-state index contributed by atoms with van der Waals surface area (Å²) in [5, 5.41) is 25.2. The van der Waals surface area contributed by atoms with Gasteiger partial charge in [0.15, 0.2) is 24.1 Å². The SMILES string of the molecule is COC(=O)CC[C@H]1[C@]2(C)CC[C@@H]3[C@](C)([C@H](OC(C)=O)[C@H](OC(C)=O)[C@@]4(C)[C@]5(C(=O)OC)OC5C(=O)C[C@@]34O)[C@H]2[C@H](OC(C)=O)[C@H](OC(C)=O)[C@]1(CO)C(C)OC(C)=O. The summed E-state index contributed by atoms with van der Waals surface area (Å²) < 4.78 is 46.4. The molecule has 0 radical (unpaired) electrons. The van der Waals surface area contributed by atoms with Gasteiger partial charge in [0, 0.05) is 58.8 Å². The number of carbonyl (C=O) groups excluding carboxylic acids is 8. The van der Waals surface area contributed by atoms with Crippen molar-refractivity contribution in [2.45, 2.75) is 142 Å². The summed E-state index contributed by atoms with van der Waals surface area (Å²) in [6, 6.07) is 0. The van der Waals surface area contributed by atoms with Crippen LogP contribution in [0, 0.1) is 39.4 Å². The maximum absolute atomic E-state index is 14.0. The highest BCUT2D eigenvalue weighted by Crippen LogP contribution is 2.78. The fourth-order valence-electron chi connectivity index (χ4n) is 12.8. The summed E-state index contributed by atoms with van der Waals surface area (Å²) in [6.45, 7) is 11.0. The fourth-order valence-corrected chi connectivity index (χ4v) is 12.8. The number of aliphatic hydroxyl groups excluding tert-OH is 1. The molecular weight excluding hydrogens is 768 g/mol. The van der Waals surface area contributed by atoms with Crippen LogP contribution >= 0.6 is 0 Å². The van der Waals surface area contributed by atoms with Gasteiger partial charge in [-0.1, -0.05) is 13.8 Å². The van der Waals surface area contributed by atoms with Crippen LogP contribution in [0.2, 0.25) is 0 Å². The summed E-state index contributed by atoms with van der Waals surface area (Å²) in [7, 11) is 2.26. The van der Waals surface area contributed by atoms with Gasteiger partial charge in [-0.3, -0.25) is 33.6 Å². The molecule has 0 bridgehead atoms. The van der Waals surface area contributed by atoms with Crippen LogP contribution in [0.15, 0.2) is 0 Å². The Kier molecular flexibility index (Phi) is 11.7. The van der Waals surface area contributed by atoms with Crippen molar-refractivity contribution in [3.8, 4) is 0 Å². The Bertz CT molecular complexity index is 1760. The minimum Gasteiger partial charge on any atom is -0.469 e. The van der Waals surface area contributed by atoms with Crippen LogP contribution in [-0.4, -0.2) is 126 Å². The number of hydrogen-bond acceptors (Lipinski definition) is 18. The number of ether oxygens (including phenoxy) is 8. The lowest BCUT2D eigenvalue weighted by Gasteiger charge is -2.74. The first kappa shape index (κ1) is 44.9. The first-order chi connectivity index (χ1) is 26.9. The normalized spacial score (nSPS) is 42.7. The number of esters is 7. The third-order valence-electron chi connectivity index (χ3n) is 14.7. The highest BCUT2D eigenvalue weighted by molar-refractivity contribution is 6.01. The highest BCUT2D eigenvalue weighted by atomic mass is 16.7. The van der Waals surface area contributed by atoms with E-state index in [1.54, 1.807) is 13.8 Å². The topological polar surface area (TPSA) is 254 Å². The van der Waals surface area contributed by atoms with E-state index in [-0.39, 0.29) is 25.7 Å². The fraction of sp³-hybridized carbons (Fsp3) is 0.800. The lowest BCUT2D eigenvalue weighted by atomic mass is 9.31. The van der Waals surface area contributed by atoms with Gasteiger partial charge in [-0.2, -0.15) is 0 Å². The zero-order chi connectivity index (χ0) is 43.7. The number of carbonyl (C=O) groups is 8. The smallest absolute Gasteiger partial charge is 0.342 e. The Balaban J connectivity index is 1.93. The van der Waals surface area contributed by atoms with Crippen LogP contribution in [-0.2, 0) is 76.3 Å². The van der Waals surface area contributed by atoms with E-state index in [1.165, 1.54) is 21.0 Å². The molecule has 5 aliphatic rings. The average molecular weight is 825 g/mol. The van der Waals surface area contributed by atoms with Crippen LogP contribution in [0.1, 0.15) is 94.4 Å². The van der Waals surface area contributed by atoms with Crippen LogP contribution in [0.5, 0.6) is 0 Å². The van der Waals surface area contributed by atoms with Crippen LogP contribution in [0.4, 0.5) is 0 Å². The molecule has 1 saturated heterocycles. The van der Waals surface area contributed by atoms with E-state index in [4.69, 9.17) is 37.9 Å². The Morgan fingerprint density at radius 2 is 1.36 bits per heavy atom. The lowest BCUT2D eigenvalue weighted by Crippen LogP contribution is -2.84. The Hall–Kier alpha value is -4.16. The van der Waals surface area contributed by atoms with Crippen molar-refractivity contribution < 1.29 is 86.5 Å². The molecule has 0 aromatic rings. The van der Waals surface area contributed by atoms with E-state index in [0.717, 1.165) is 41.7 Å². The standard InChI is InChI=1S/C40H56O18/c1-18(53-19(2)42)38(17-41)25(12-13-27(48)51-10)35(7)15-14-26-36(8,29(35)28(54-20(3)43)31(38)55-21(4)44)32(56-22(5)45)33(57-23(6)46)37(9)39(26,50)16-24(47)30-40(37,58-30)34(49)52-11/h18,25-26,28-33,41,50H,12-17H2,1-11H3/t18?,25-,26+,28-,29-,30?,31-,32+,33-,35-,36-,37+,38+,39+,40-/m0/s1. The lowest BCUT2D eigenvalue weighted by molar-refractivity contribution is -0.360. The molecule has 15 atom stereocenters. The minimum absolute atomic E-state index is 0.00144. The maximum Gasteiger partial charge on any atom is 0.342 e. The molecule has 18 nitrogen and oxygen atoms in total. The number of Topliss-reactive ketones (excluding diaryl/α,β-unsaturated/α-hetero) is 1. The molecule has 1 heterocycles. The Morgan fingerprint density at radius 1 is 0.810 bits per heavy atom. The third kappa shape index (κ3) is 6.13. The molecular formula is C40H56O18. The molecule has 0 aromatic carbocycles. The molecule has 5 rings (SSSR count). The van der Waals surface area contributed by atoms with Crippen molar-refractivity contribution in [2.24, 2.45) is 39.4 Å². The second-order valence-corrected chi connectivity index (χ2v) is 17.3. The summed E-state index contributed by atoms with van der Waals surface area (Å²) >= 11 is 0. The number of aliphatic hydroxyl groups is 2. The molecule has 2 N–H and O–H groups in total. The third-order valence-corrected chi connectivity index (χ3v) is 14.7. The van der Waals surface area contributed by atoms with Gasteiger partial charge in [0.05, 0.1) is 37.3 Å². The van der Waals surface area contributed by atoms with Crippen molar-refractivity contribution in [1.29, 1.82) is 0 Å². The van der Waals surface area contributed by atoms with Crippen molar-refractivity contribution in [3.63, 3.8) is 0 Å². The number of methoxy groups -OCH3 is 2. The predicted octanol–water partition coefficient (Wildman–Crippen LogP) is 1.30. The molecule has 0 spiro atoms. The second-order valence-electron chi connectivity index (χ2n) is 17.3. The molecule has 324 valence electrons. The van der Waals surface area contributed by atoms with E-state index in [1.807, 2.05) is 0 Å². The van der Waals surface area contributed by atoms with E-state index < -0.39 is 148 Å². The monoisotopic (exact) mass is 824 g/mol. The van der Waals surface area contributed by atoms with Gasteiger partial charge < -0.3 is 48.1 Å². The summed E-state index contributed by atoms with van der Waals surface area (Å²) in [5.41, 5.74) is -11.4. The summed E-state index contributed by atoms with van der Waals surface area (Å²) in [4.78, 5) is 106. The number of rotatable bonds is 11. The predicted molar refractivity (Wildman–Crippen MR) is 192 cm³/mol. The van der Waals surface area contributed by atoms with Crippen LogP contribution in [0.3, 0.4) is 0 Å². The quantitative estimate of drug-likeness (QED) is 0.169. The first-order valence-electron chi connectivity index (χ1n) is 19.4. The summed E-state index contributed by atoms with van der Waals surface area (Å²) in [5.74, 6) is -9.97. The molecule has 0 amide bonds. The van der Waals surface area contributed by atoms with Crippen molar-refractivity contribution in [1.82, 2.24) is 0 Å². The highest BCUT2D eigenvalue weighted by Gasteiger charge is 2.92. The number of ketones is 1. The Labute approximate surface area is 336 Å². The molecule has 5 fully saturated rings. The largest absolute Gasteiger partial charge is 0.469 e. The number of fused-ring (bicyclic) bond motifs is 7. The molecule has 58 heavy (non-hydrogen) atoms. The Morgan fingerprint density at radius 3 is 1.86 bits per heavy atom. The van der Waals surface area contributed by atoms with Gasteiger partial charge in [0.2, 0.25) is 5.60 Å². The first-order valence-corrected chi connectivity index (χ1v) is 19.4. The molecule has 2 unspecified atom stereocenters. The van der Waals surface area contributed by atoms with Gasteiger partial charge >= 0.3 is 41.8 Å². The van der Waals surface area contributed by atoms with E-state index >= 15 is 0 Å². The zero-order valence-electron chi connectivity index (χ0n) is 34.9.